The van der Waals surface area contributed by atoms with Gasteiger partial charge in [-0.1, -0.05) is 227 Å². The number of carbonyl (C=O) groups excluding carboxylic acids is 2. The topological polar surface area (TPSA) is 56.3 Å². The highest BCUT2D eigenvalue weighted by Gasteiger charge is 2.30. The summed E-state index contributed by atoms with van der Waals surface area (Å²) in [6.45, 7) is 20.9. The molecule has 1 atom stereocenters. The third-order valence-electron chi connectivity index (χ3n) is 13.6. The van der Waals surface area contributed by atoms with E-state index in [1.54, 1.807) is 0 Å². The first-order valence-electron chi connectivity index (χ1n) is 28.1. The van der Waals surface area contributed by atoms with E-state index in [1.807, 2.05) is 4.90 Å². The Balaban J connectivity index is 2.76. The zero-order chi connectivity index (χ0) is 45.0. The lowest BCUT2D eigenvalue weighted by atomic mass is 10.1. The lowest BCUT2D eigenvalue weighted by Crippen LogP contribution is -2.43. The molecule has 1 unspecified atom stereocenters. The van der Waals surface area contributed by atoms with Crippen LogP contribution >= 0.6 is 0 Å². The zero-order valence-electron chi connectivity index (χ0n) is 42.8. The number of unbranched alkanes of at least 4 members (excludes halogenated alkanes) is 30. The third kappa shape index (κ3) is 36.1. The van der Waals surface area contributed by atoms with Crippen molar-refractivity contribution in [3.8, 4) is 0 Å². The average Bonchev–Trinajstić information content (AvgIpc) is 3.74. The van der Waals surface area contributed by atoms with Crippen molar-refractivity contribution in [2.45, 2.75) is 272 Å². The van der Waals surface area contributed by atoms with Crippen LogP contribution in [0.2, 0.25) is 0 Å². The van der Waals surface area contributed by atoms with Crippen LogP contribution in [0.15, 0.2) is 0 Å². The molecule has 1 rings (SSSR count). The Kier molecular flexibility index (Phi) is 42.7. The van der Waals surface area contributed by atoms with E-state index in [0.29, 0.717) is 26.2 Å². The summed E-state index contributed by atoms with van der Waals surface area (Å²) < 4.78 is 6.12. The van der Waals surface area contributed by atoms with E-state index < -0.39 is 0 Å². The number of carbonyl (C=O) groups is 2. The maximum absolute atomic E-state index is 13.9. The molecule has 0 aliphatic carbocycles. The summed E-state index contributed by atoms with van der Waals surface area (Å²) in [4.78, 5) is 36.9. The summed E-state index contributed by atoms with van der Waals surface area (Å²) in [5.74, 6) is 0.120. The normalized spacial score (nSPS) is 14.3. The Morgan fingerprint density at radius 2 is 0.677 bits per heavy atom. The Bertz CT molecular complexity index is 929. The van der Waals surface area contributed by atoms with E-state index in [2.05, 4.69) is 49.3 Å². The first kappa shape index (κ1) is 58.8. The van der Waals surface area contributed by atoms with Crippen LogP contribution in [0, 0.1) is 0 Å². The van der Waals surface area contributed by atoms with Gasteiger partial charge in [0.15, 0.2) is 0 Å². The van der Waals surface area contributed by atoms with Crippen LogP contribution in [0.3, 0.4) is 0 Å². The Labute approximate surface area is 388 Å². The molecular formula is C55H110N4O3. The zero-order valence-corrected chi connectivity index (χ0v) is 42.8. The largest absolute Gasteiger partial charge is 0.459 e. The minimum Gasteiger partial charge on any atom is -0.459 e. The van der Waals surface area contributed by atoms with Crippen molar-refractivity contribution in [2.24, 2.45) is 0 Å². The molecule has 62 heavy (non-hydrogen) atoms. The molecule has 0 radical (unpaired) electrons. The molecule has 1 amide bonds. The fourth-order valence-corrected chi connectivity index (χ4v) is 9.37. The third-order valence-corrected chi connectivity index (χ3v) is 13.6. The summed E-state index contributed by atoms with van der Waals surface area (Å²) >= 11 is 0. The van der Waals surface area contributed by atoms with Crippen LogP contribution in [-0.2, 0) is 14.3 Å². The summed E-state index contributed by atoms with van der Waals surface area (Å²) in [7, 11) is 0. The van der Waals surface area contributed by atoms with Crippen LogP contribution in [-0.4, -0.2) is 110 Å². The van der Waals surface area contributed by atoms with Gasteiger partial charge in [-0.25, -0.2) is 0 Å². The monoisotopic (exact) mass is 875 g/mol. The first-order valence-corrected chi connectivity index (χ1v) is 28.1. The van der Waals surface area contributed by atoms with Gasteiger partial charge in [0, 0.05) is 26.1 Å². The van der Waals surface area contributed by atoms with Crippen LogP contribution < -0.4 is 0 Å². The van der Waals surface area contributed by atoms with Crippen molar-refractivity contribution in [2.75, 3.05) is 72.0 Å². The van der Waals surface area contributed by atoms with Gasteiger partial charge < -0.3 is 14.5 Å². The predicted molar refractivity (Wildman–Crippen MR) is 270 cm³/mol. The highest BCUT2D eigenvalue weighted by atomic mass is 16.5. The molecule has 0 saturated carbocycles. The number of likely N-dealkylation sites (tertiary alicyclic amines) is 1. The number of esters is 1. The Morgan fingerprint density at radius 3 is 1.03 bits per heavy atom. The van der Waals surface area contributed by atoms with Crippen molar-refractivity contribution < 1.29 is 14.3 Å². The molecule has 0 aromatic rings. The second kappa shape index (κ2) is 45.0. The summed E-state index contributed by atoms with van der Waals surface area (Å²) in [6.07, 6.45) is 46.6. The number of ether oxygens (including phenoxy) is 1. The minimum absolute atomic E-state index is 0.0993. The molecule has 1 fully saturated rings. The first-order chi connectivity index (χ1) is 30.5. The molecule has 1 aliphatic heterocycles. The van der Waals surface area contributed by atoms with Gasteiger partial charge in [-0.2, -0.15) is 0 Å². The lowest BCUT2D eigenvalue weighted by molar-refractivity contribution is -0.150. The van der Waals surface area contributed by atoms with Gasteiger partial charge in [0.1, 0.15) is 6.10 Å². The van der Waals surface area contributed by atoms with Crippen LogP contribution in [0.4, 0.5) is 0 Å². The van der Waals surface area contributed by atoms with Crippen LogP contribution in [0.1, 0.15) is 266 Å². The van der Waals surface area contributed by atoms with Gasteiger partial charge in [-0.05, 0) is 64.8 Å². The van der Waals surface area contributed by atoms with Crippen molar-refractivity contribution in [1.29, 1.82) is 0 Å². The summed E-state index contributed by atoms with van der Waals surface area (Å²) in [5, 5.41) is 0. The van der Waals surface area contributed by atoms with Crippen LogP contribution in [0.5, 0.6) is 0 Å². The van der Waals surface area contributed by atoms with E-state index in [1.165, 1.54) is 225 Å². The van der Waals surface area contributed by atoms with Crippen LogP contribution in [0.25, 0.3) is 0 Å². The number of nitrogens with zero attached hydrogens (tertiary/aromatic N) is 4. The Morgan fingerprint density at radius 1 is 0.387 bits per heavy atom. The van der Waals surface area contributed by atoms with E-state index in [9.17, 15) is 9.59 Å². The van der Waals surface area contributed by atoms with Crippen molar-refractivity contribution in [1.82, 2.24) is 19.6 Å². The van der Waals surface area contributed by atoms with Gasteiger partial charge >= 0.3 is 5.97 Å². The molecule has 0 aromatic heterocycles. The van der Waals surface area contributed by atoms with E-state index in [0.717, 1.165) is 52.0 Å². The summed E-state index contributed by atoms with van der Waals surface area (Å²) in [6, 6.07) is 0. The fraction of sp³-hybridized carbons (Fsp3) is 0.964. The number of hydrogen-bond donors (Lipinski definition) is 0. The van der Waals surface area contributed by atoms with Gasteiger partial charge in [-0.15, -0.1) is 0 Å². The predicted octanol–water partition coefficient (Wildman–Crippen LogP) is 14.8. The highest BCUT2D eigenvalue weighted by molar-refractivity contribution is 5.78. The fourth-order valence-electron chi connectivity index (χ4n) is 9.37. The maximum Gasteiger partial charge on any atom is 0.320 e. The van der Waals surface area contributed by atoms with Crippen molar-refractivity contribution in [3.63, 3.8) is 0 Å². The second-order valence-corrected chi connectivity index (χ2v) is 19.7. The standard InChI is InChI=1S/C55H110N4O3/c1-6-11-16-21-26-31-36-42-56(43-37-32-27-22-17-12-7-2)48-49-58(46-40-35-30-25-20-15-10-5)51-54(60)59-47-41-53(50-59)62-55(61)52-57(44-38-33-28-23-18-13-8-3)45-39-34-29-24-19-14-9-4/h53H,6-52H2,1-5H3. The van der Waals surface area contributed by atoms with Gasteiger partial charge in [0.2, 0.25) is 5.91 Å². The second-order valence-electron chi connectivity index (χ2n) is 19.7. The average molecular weight is 876 g/mol. The molecule has 0 spiro atoms. The number of hydrogen-bond acceptors (Lipinski definition) is 6. The van der Waals surface area contributed by atoms with Gasteiger partial charge in [-0.3, -0.25) is 19.4 Å². The Hall–Kier alpha value is -1.18. The van der Waals surface area contributed by atoms with Crippen molar-refractivity contribution in [3.05, 3.63) is 0 Å². The molecule has 7 nitrogen and oxygen atoms in total. The molecule has 1 aliphatic rings. The van der Waals surface area contributed by atoms with E-state index >= 15 is 0 Å². The quantitative estimate of drug-likeness (QED) is 0.0448. The SMILES string of the molecule is CCCCCCCCCN(CCCCCCCCC)CCN(CCCCCCCCC)CC(=O)N1CCC(OC(=O)CN(CCCCCCCCC)CCCCCCCCC)C1. The van der Waals surface area contributed by atoms with Gasteiger partial charge in [0.05, 0.1) is 19.6 Å². The minimum atomic E-state index is -0.179. The number of amides is 1. The summed E-state index contributed by atoms with van der Waals surface area (Å²) in [5.41, 5.74) is 0. The molecular weight excluding hydrogens is 765 g/mol. The molecule has 7 heteroatoms. The molecule has 0 N–H and O–H groups in total. The molecule has 1 saturated heterocycles. The smallest absolute Gasteiger partial charge is 0.320 e. The number of rotatable bonds is 48. The van der Waals surface area contributed by atoms with E-state index in [-0.39, 0.29) is 18.0 Å². The molecule has 0 bridgehead atoms. The van der Waals surface area contributed by atoms with Crippen molar-refractivity contribution >= 4 is 11.9 Å². The van der Waals surface area contributed by atoms with Gasteiger partial charge in [0.25, 0.3) is 0 Å². The molecule has 1 heterocycles. The lowest BCUT2D eigenvalue weighted by Gasteiger charge is -2.29. The highest BCUT2D eigenvalue weighted by Crippen LogP contribution is 2.17. The molecule has 368 valence electrons. The molecule has 0 aromatic carbocycles. The maximum atomic E-state index is 13.9. The van der Waals surface area contributed by atoms with E-state index in [4.69, 9.17) is 4.74 Å².